The molecule has 0 aliphatic rings. The molecular weight excluding hydrogens is 267 g/mol. The highest BCUT2D eigenvalue weighted by Gasteiger charge is 2.36. The fourth-order valence-electron chi connectivity index (χ4n) is 1.66. The number of rotatable bonds is 3. The van der Waals surface area contributed by atoms with Crippen molar-refractivity contribution in [1.82, 2.24) is 0 Å². The number of aliphatic hydroxyl groups excluding tert-OH is 1. The zero-order chi connectivity index (χ0) is 14.1. The summed E-state index contributed by atoms with van der Waals surface area (Å²) in [7, 11) is 0. The molecule has 1 aromatic carbocycles. The second kappa shape index (κ2) is 5.47. The SMILES string of the molecule is CC(C)[C@H](O)[C@H](N)c1ccc(Cl)cc1C(F)(F)F. The summed E-state index contributed by atoms with van der Waals surface area (Å²) in [6, 6.07) is 2.27. The molecule has 0 saturated heterocycles. The largest absolute Gasteiger partial charge is 0.416 e. The van der Waals surface area contributed by atoms with E-state index < -0.39 is 23.9 Å². The van der Waals surface area contributed by atoms with Gasteiger partial charge in [-0.25, -0.2) is 0 Å². The van der Waals surface area contributed by atoms with E-state index in [1.165, 1.54) is 12.1 Å². The lowest BCUT2D eigenvalue weighted by Gasteiger charge is -2.25. The molecule has 0 radical (unpaired) electrons. The van der Waals surface area contributed by atoms with Crippen molar-refractivity contribution < 1.29 is 18.3 Å². The number of halogens is 4. The van der Waals surface area contributed by atoms with Crippen LogP contribution in [-0.4, -0.2) is 11.2 Å². The van der Waals surface area contributed by atoms with Crippen molar-refractivity contribution in [3.8, 4) is 0 Å². The minimum absolute atomic E-state index is 0.0164. The fraction of sp³-hybridized carbons (Fsp3) is 0.500. The molecule has 102 valence electrons. The summed E-state index contributed by atoms with van der Waals surface area (Å²) in [4.78, 5) is 0. The van der Waals surface area contributed by atoms with E-state index in [0.29, 0.717) is 0 Å². The Labute approximate surface area is 109 Å². The van der Waals surface area contributed by atoms with Gasteiger partial charge in [-0.05, 0) is 23.6 Å². The van der Waals surface area contributed by atoms with Crippen LogP contribution in [0, 0.1) is 5.92 Å². The Morgan fingerprint density at radius 2 is 1.83 bits per heavy atom. The van der Waals surface area contributed by atoms with Crippen molar-refractivity contribution in [2.24, 2.45) is 11.7 Å². The van der Waals surface area contributed by atoms with Gasteiger partial charge in [0.25, 0.3) is 0 Å². The van der Waals surface area contributed by atoms with Crippen molar-refractivity contribution in [3.63, 3.8) is 0 Å². The van der Waals surface area contributed by atoms with Gasteiger partial charge in [0.15, 0.2) is 0 Å². The topological polar surface area (TPSA) is 46.2 Å². The predicted octanol–water partition coefficient (Wildman–Crippen LogP) is 3.38. The summed E-state index contributed by atoms with van der Waals surface area (Å²) < 4.78 is 38.6. The molecule has 0 unspecified atom stereocenters. The molecule has 0 aliphatic carbocycles. The summed E-state index contributed by atoms with van der Waals surface area (Å²) in [6.45, 7) is 3.38. The van der Waals surface area contributed by atoms with E-state index in [1.807, 2.05) is 0 Å². The third-order valence-electron chi connectivity index (χ3n) is 2.73. The van der Waals surface area contributed by atoms with Gasteiger partial charge in [0.05, 0.1) is 17.7 Å². The first-order chi connectivity index (χ1) is 8.14. The van der Waals surface area contributed by atoms with Crippen LogP contribution in [0.1, 0.15) is 31.0 Å². The summed E-state index contributed by atoms with van der Waals surface area (Å²) in [5, 5.41) is 9.77. The van der Waals surface area contributed by atoms with Crippen LogP contribution in [0.4, 0.5) is 13.2 Å². The number of benzene rings is 1. The quantitative estimate of drug-likeness (QED) is 0.892. The molecule has 0 bridgehead atoms. The van der Waals surface area contributed by atoms with Gasteiger partial charge in [-0.15, -0.1) is 0 Å². The van der Waals surface area contributed by atoms with Gasteiger partial charge in [-0.1, -0.05) is 31.5 Å². The van der Waals surface area contributed by atoms with Crippen molar-refractivity contribution in [2.75, 3.05) is 0 Å². The molecule has 0 aliphatic heterocycles. The minimum atomic E-state index is -4.55. The average Bonchev–Trinajstić information content (AvgIpc) is 2.25. The van der Waals surface area contributed by atoms with Crippen molar-refractivity contribution in [3.05, 3.63) is 34.3 Å². The molecule has 0 spiro atoms. The van der Waals surface area contributed by atoms with E-state index in [1.54, 1.807) is 13.8 Å². The normalized spacial score (nSPS) is 15.8. The molecule has 0 saturated carbocycles. The van der Waals surface area contributed by atoms with Crippen LogP contribution in [0.25, 0.3) is 0 Å². The van der Waals surface area contributed by atoms with E-state index in [2.05, 4.69) is 0 Å². The Bertz CT molecular complexity index is 420. The van der Waals surface area contributed by atoms with Crippen LogP contribution in [0.3, 0.4) is 0 Å². The fourth-order valence-corrected chi connectivity index (χ4v) is 1.84. The summed E-state index contributed by atoms with van der Waals surface area (Å²) in [6.07, 6.45) is -5.60. The summed E-state index contributed by atoms with van der Waals surface area (Å²) >= 11 is 5.57. The summed E-state index contributed by atoms with van der Waals surface area (Å²) in [5.74, 6) is -0.239. The maximum Gasteiger partial charge on any atom is 0.416 e. The molecule has 6 heteroatoms. The van der Waals surface area contributed by atoms with Crippen LogP contribution < -0.4 is 5.73 Å². The van der Waals surface area contributed by atoms with Gasteiger partial charge in [0.1, 0.15) is 0 Å². The molecule has 0 heterocycles. The van der Waals surface area contributed by atoms with Gasteiger partial charge >= 0.3 is 6.18 Å². The number of nitrogens with two attached hydrogens (primary N) is 1. The van der Waals surface area contributed by atoms with Crippen LogP contribution in [-0.2, 0) is 6.18 Å². The van der Waals surface area contributed by atoms with E-state index in [0.717, 1.165) is 6.07 Å². The van der Waals surface area contributed by atoms with Gasteiger partial charge in [-0.2, -0.15) is 13.2 Å². The molecule has 0 amide bonds. The maximum atomic E-state index is 12.9. The zero-order valence-electron chi connectivity index (χ0n) is 10.0. The third kappa shape index (κ3) is 3.37. The Kier molecular flexibility index (Phi) is 4.64. The first kappa shape index (κ1) is 15.3. The van der Waals surface area contributed by atoms with Crippen LogP contribution in [0.15, 0.2) is 18.2 Å². The molecule has 0 aromatic heterocycles. The van der Waals surface area contributed by atoms with E-state index in [9.17, 15) is 18.3 Å². The standard InChI is InChI=1S/C12H15ClF3NO/c1-6(2)11(18)10(17)8-4-3-7(13)5-9(8)12(14,15)16/h3-6,10-11,18H,17H2,1-2H3/t10-,11+/m1/s1. The number of aliphatic hydroxyl groups is 1. The Balaban J connectivity index is 3.24. The lowest BCUT2D eigenvalue weighted by molar-refractivity contribution is -0.138. The van der Waals surface area contributed by atoms with Gasteiger partial charge in [0.2, 0.25) is 0 Å². The molecule has 0 fully saturated rings. The van der Waals surface area contributed by atoms with Crippen LogP contribution in [0.5, 0.6) is 0 Å². The number of hydrogen-bond donors (Lipinski definition) is 2. The van der Waals surface area contributed by atoms with E-state index in [4.69, 9.17) is 17.3 Å². The summed E-state index contributed by atoms with van der Waals surface area (Å²) in [5.41, 5.74) is 4.65. The van der Waals surface area contributed by atoms with Gasteiger partial charge in [0, 0.05) is 5.02 Å². The first-order valence-corrected chi connectivity index (χ1v) is 5.82. The van der Waals surface area contributed by atoms with Gasteiger partial charge < -0.3 is 10.8 Å². The highest BCUT2D eigenvalue weighted by molar-refractivity contribution is 6.30. The van der Waals surface area contributed by atoms with Crippen molar-refractivity contribution in [1.29, 1.82) is 0 Å². The molecule has 2 nitrogen and oxygen atoms in total. The van der Waals surface area contributed by atoms with Crippen molar-refractivity contribution >= 4 is 11.6 Å². The molecule has 1 rings (SSSR count). The highest BCUT2D eigenvalue weighted by atomic mass is 35.5. The Morgan fingerprint density at radius 3 is 2.28 bits per heavy atom. The highest BCUT2D eigenvalue weighted by Crippen LogP contribution is 2.37. The molecule has 18 heavy (non-hydrogen) atoms. The molecular formula is C12H15ClF3NO. The van der Waals surface area contributed by atoms with Crippen LogP contribution in [0.2, 0.25) is 5.02 Å². The first-order valence-electron chi connectivity index (χ1n) is 5.45. The van der Waals surface area contributed by atoms with E-state index >= 15 is 0 Å². The smallest absolute Gasteiger partial charge is 0.391 e. The monoisotopic (exact) mass is 281 g/mol. The Hall–Kier alpha value is -0.780. The average molecular weight is 282 g/mol. The molecule has 3 N–H and O–H groups in total. The maximum absolute atomic E-state index is 12.9. The lowest BCUT2D eigenvalue weighted by atomic mass is 9.91. The molecule has 2 atom stereocenters. The van der Waals surface area contributed by atoms with Crippen LogP contribution >= 0.6 is 11.6 Å². The zero-order valence-corrected chi connectivity index (χ0v) is 10.8. The molecule has 1 aromatic rings. The van der Waals surface area contributed by atoms with Gasteiger partial charge in [-0.3, -0.25) is 0 Å². The predicted molar refractivity (Wildman–Crippen MR) is 64.2 cm³/mol. The third-order valence-corrected chi connectivity index (χ3v) is 2.97. The van der Waals surface area contributed by atoms with Crippen molar-refractivity contribution in [2.45, 2.75) is 32.2 Å². The Morgan fingerprint density at radius 1 is 1.28 bits per heavy atom. The number of alkyl halides is 3. The lowest BCUT2D eigenvalue weighted by Crippen LogP contribution is -2.32. The second-order valence-corrected chi connectivity index (χ2v) is 4.93. The number of hydrogen-bond acceptors (Lipinski definition) is 2. The van der Waals surface area contributed by atoms with E-state index in [-0.39, 0.29) is 16.5 Å². The second-order valence-electron chi connectivity index (χ2n) is 4.49. The minimum Gasteiger partial charge on any atom is -0.391 e.